The summed E-state index contributed by atoms with van der Waals surface area (Å²) in [5, 5.41) is 4.78. The van der Waals surface area contributed by atoms with Crippen LogP contribution < -0.4 is 0 Å². The van der Waals surface area contributed by atoms with Crippen LogP contribution in [0.1, 0.15) is 0 Å². The summed E-state index contributed by atoms with van der Waals surface area (Å²) < 4.78 is 2.17. The Morgan fingerprint density at radius 1 is 0.390 bits per heavy atom. The molecule has 0 radical (unpaired) electrons. The van der Waals surface area contributed by atoms with Gasteiger partial charge in [-0.1, -0.05) is 109 Å². The SMILES string of the molecule is c1ccc(-c2nc(-c3ccccc3)nc(-c3ccc(-n4cnc5c6ccccc6c6ccccc6c54)cc3)n2)cc1. The molecule has 5 nitrogen and oxygen atoms in total. The Balaban J connectivity index is 1.27. The number of aromatic nitrogens is 5. The Morgan fingerprint density at radius 2 is 0.829 bits per heavy atom. The van der Waals surface area contributed by atoms with Gasteiger partial charge in [0.2, 0.25) is 0 Å². The lowest BCUT2D eigenvalue weighted by Crippen LogP contribution is -2.00. The molecule has 0 bridgehead atoms. The van der Waals surface area contributed by atoms with Gasteiger partial charge in [0, 0.05) is 33.2 Å². The molecule has 5 heteroatoms. The lowest BCUT2D eigenvalue weighted by atomic mass is 10.00. The Bertz CT molecular complexity index is 2130. The number of hydrogen-bond donors (Lipinski definition) is 0. The first kappa shape index (κ1) is 23.2. The van der Waals surface area contributed by atoms with Crippen molar-refractivity contribution in [2.45, 2.75) is 0 Å². The molecule has 0 saturated heterocycles. The molecule has 0 aliphatic rings. The molecular weight excluding hydrogens is 502 g/mol. The first-order valence-corrected chi connectivity index (χ1v) is 13.6. The summed E-state index contributed by atoms with van der Waals surface area (Å²) in [4.78, 5) is 19.4. The van der Waals surface area contributed by atoms with Crippen molar-refractivity contribution in [3.8, 4) is 39.9 Å². The average molecular weight is 526 g/mol. The third-order valence-corrected chi connectivity index (χ3v) is 7.53. The van der Waals surface area contributed by atoms with E-state index in [9.17, 15) is 0 Å². The van der Waals surface area contributed by atoms with E-state index >= 15 is 0 Å². The van der Waals surface area contributed by atoms with Crippen molar-refractivity contribution in [3.63, 3.8) is 0 Å². The summed E-state index contributed by atoms with van der Waals surface area (Å²) in [6.07, 6.45) is 1.92. The minimum absolute atomic E-state index is 0.635. The lowest BCUT2D eigenvalue weighted by molar-refractivity contribution is 1.07. The van der Waals surface area contributed by atoms with Gasteiger partial charge < -0.3 is 0 Å². The van der Waals surface area contributed by atoms with Crippen molar-refractivity contribution in [2.75, 3.05) is 0 Å². The molecule has 0 amide bonds. The highest BCUT2D eigenvalue weighted by atomic mass is 15.1. The van der Waals surface area contributed by atoms with Crippen molar-refractivity contribution < 1.29 is 0 Å². The molecule has 0 saturated carbocycles. The highest BCUT2D eigenvalue weighted by Gasteiger charge is 2.15. The zero-order chi connectivity index (χ0) is 27.2. The smallest absolute Gasteiger partial charge is 0.164 e. The highest BCUT2D eigenvalue weighted by molar-refractivity contribution is 6.23. The monoisotopic (exact) mass is 525 g/mol. The van der Waals surface area contributed by atoms with Crippen LogP contribution in [0.2, 0.25) is 0 Å². The molecule has 2 heterocycles. The van der Waals surface area contributed by atoms with Crippen molar-refractivity contribution in [1.29, 1.82) is 0 Å². The fraction of sp³-hybridized carbons (Fsp3) is 0. The van der Waals surface area contributed by atoms with Crippen LogP contribution in [0.15, 0.2) is 140 Å². The number of nitrogens with zero attached hydrogens (tertiary/aromatic N) is 5. The molecule has 0 spiro atoms. The molecule has 0 aliphatic heterocycles. The van der Waals surface area contributed by atoms with E-state index in [1.165, 1.54) is 16.2 Å². The number of benzene rings is 6. The van der Waals surface area contributed by atoms with Gasteiger partial charge in [-0.25, -0.2) is 19.9 Å². The summed E-state index contributed by atoms with van der Waals surface area (Å²) in [7, 11) is 0. The van der Waals surface area contributed by atoms with E-state index in [2.05, 4.69) is 77.4 Å². The van der Waals surface area contributed by atoms with Gasteiger partial charge in [-0.15, -0.1) is 0 Å². The number of rotatable bonds is 4. The summed E-state index contributed by atoms with van der Waals surface area (Å²) in [6, 6.07) is 45.5. The highest BCUT2D eigenvalue weighted by Crippen LogP contribution is 2.35. The molecule has 192 valence electrons. The zero-order valence-electron chi connectivity index (χ0n) is 22.0. The van der Waals surface area contributed by atoms with E-state index in [1.807, 2.05) is 67.0 Å². The molecule has 0 unspecified atom stereocenters. The van der Waals surface area contributed by atoms with Gasteiger partial charge in [0.05, 0.1) is 11.0 Å². The molecule has 6 aromatic carbocycles. The Kier molecular flexibility index (Phi) is 5.38. The van der Waals surface area contributed by atoms with Crippen molar-refractivity contribution in [2.24, 2.45) is 0 Å². The molecule has 0 fully saturated rings. The molecule has 8 aromatic rings. The Morgan fingerprint density at radius 3 is 1.39 bits per heavy atom. The normalized spacial score (nSPS) is 11.4. The molecule has 0 N–H and O–H groups in total. The van der Waals surface area contributed by atoms with E-state index in [1.54, 1.807) is 0 Å². The van der Waals surface area contributed by atoms with Gasteiger partial charge in [0.15, 0.2) is 17.5 Å². The molecule has 8 rings (SSSR count). The predicted octanol–water partition coefficient (Wildman–Crippen LogP) is 8.52. The largest absolute Gasteiger partial charge is 0.298 e. The van der Waals surface area contributed by atoms with Crippen LogP contribution >= 0.6 is 0 Å². The van der Waals surface area contributed by atoms with Crippen LogP contribution in [-0.4, -0.2) is 24.5 Å². The standard InChI is InChI=1S/C36H23N5/c1-3-11-24(12-4-1)34-38-35(25-13-5-2-6-14-25)40-36(39-34)26-19-21-27(22-20-26)41-23-37-32-30-17-9-7-15-28(30)29-16-8-10-18-31(29)33(32)41/h1-23H. The van der Waals surface area contributed by atoms with Crippen LogP contribution in [-0.2, 0) is 0 Å². The Labute approximate surface area is 236 Å². The van der Waals surface area contributed by atoms with E-state index in [4.69, 9.17) is 19.9 Å². The van der Waals surface area contributed by atoms with Crippen LogP contribution in [0.3, 0.4) is 0 Å². The van der Waals surface area contributed by atoms with Crippen LogP contribution in [0.25, 0.3) is 72.4 Å². The summed E-state index contributed by atoms with van der Waals surface area (Å²) in [5.41, 5.74) is 5.95. The summed E-state index contributed by atoms with van der Waals surface area (Å²) >= 11 is 0. The average Bonchev–Trinajstić information content (AvgIpc) is 3.51. The number of fused-ring (bicyclic) bond motifs is 6. The van der Waals surface area contributed by atoms with E-state index in [0.29, 0.717) is 17.5 Å². The quantitative estimate of drug-likeness (QED) is 0.216. The van der Waals surface area contributed by atoms with Crippen LogP contribution in [0, 0.1) is 0 Å². The molecule has 2 aromatic heterocycles. The van der Waals surface area contributed by atoms with Crippen molar-refractivity contribution in [3.05, 3.63) is 140 Å². The van der Waals surface area contributed by atoms with Crippen LogP contribution in [0.4, 0.5) is 0 Å². The van der Waals surface area contributed by atoms with Gasteiger partial charge in [-0.2, -0.15) is 0 Å². The minimum atomic E-state index is 0.635. The summed E-state index contributed by atoms with van der Waals surface area (Å²) in [6.45, 7) is 0. The van der Waals surface area contributed by atoms with Crippen molar-refractivity contribution in [1.82, 2.24) is 24.5 Å². The molecule has 0 atom stereocenters. The second kappa shape index (κ2) is 9.50. The second-order valence-corrected chi connectivity index (χ2v) is 9.99. The Hall–Kier alpha value is -5.68. The maximum atomic E-state index is 4.88. The third-order valence-electron chi connectivity index (χ3n) is 7.53. The van der Waals surface area contributed by atoms with Gasteiger partial charge in [0.1, 0.15) is 6.33 Å². The topological polar surface area (TPSA) is 56.5 Å². The lowest BCUT2D eigenvalue weighted by Gasteiger charge is -2.11. The second-order valence-electron chi connectivity index (χ2n) is 9.99. The van der Waals surface area contributed by atoms with Crippen LogP contribution in [0.5, 0.6) is 0 Å². The van der Waals surface area contributed by atoms with Gasteiger partial charge in [0.25, 0.3) is 0 Å². The first-order valence-electron chi connectivity index (χ1n) is 13.6. The fourth-order valence-electron chi connectivity index (χ4n) is 5.56. The zero-order valence-corrected chi connectivity index (χ0v) is 22.0. The van der Waals surface area contributed by atoms with Gasteiger partial charge in [-0.3, -0.25) is 4.57 Å². The van der Waals surface area contributed by atoms with Gasteiger partial charge in [-0.05, 0) is 35.0 Å². The fourth-order valence-corrected chi connectivity index (χ4v) is 5.56. The predicted molar refractivity (Wildman–Crippen MR) is 166 cm³/mol. The van der Waals surface area contributed by atoms with E-state index in [-0.39, 0.29) is 0 Å². The molecular formula is C36H23N5. The third kappa shape index (κ3) is 3.95. The van der Waals surface area contributed by atoms with Crippen molar-refractivity contribution >= 4 is 32.6 Å². The number of hydrogen-bond acceptors (Lipinski definition) is 4. The van der Waals surface area contributed by atoms with Gasteiger partial charge >= 0.3 is 0 Å². The first-order chi connectivity index (χ1) is 20.3. The molecule has 41 heavy (non-hydrogen) atoms. The van der Waals surface area contributed by atoms with E-state index in [0.717, 1.165) is 38.8 Å². The number of imidazole rings is 1. The minimum Gasteiger partial charge on any atom is -0.298 e. The summed E-state index contributed by atoms with van der Waals surface area (Å²) in [5.74, 6) is 1.94. The maximum Gasteiger partial charge on any atom is 0.164 e. The molecule has 0 aliphatic carbocycles. The van der Waals surface area contributed by atoms with E-state index < -0.39 is 0 Å². The maximum absolute atomic E-state index is 4.88.